The number of dihydropyridines is 1. The van der Waals surface area contributed by atoms with Gasteiger partial charge in [-0.05, 0) is 23.3 Å². The highest BCUT2D eigenvalue weighted by Crippen LogP contribution is 2.33. The van der Waals surface area contributed by atoms with E-state index in [1.165, 1.54) is 36.5 Å². The lowest BCUT2D eigenvalue weighted by Crippen LogP contribution is -2.39. The van der Waals surface area contributed by atoms with E-state index in [1.54, 1.807) is 0 Å². The third-order valence-electron chi connectivity index (χ3n) is 2.66. The van der Waals surface area contributed by atoms with E-state index in [0.717, 1.165) is 6.08 Å². The summed E-state index contributed by atoms with van der Waals surface area (Å²) in [5.41, 5.74) is -3.48. The van der Waals surface area contributed by atoms with E-state index in [0.29, 0.717) is 11.1 Å². The Kier molecular flexibility index (Phi) is 4.64. The number of hydrogen-bond donors (Lipinski definition) is 1. The van der Waals surface area contributed by atoms with Crippen molar-refractivity contribution in [2.45, 2.75) is 17.7 Å². The van der Waals surface area contributed by atoms with E-state index < -0.39 is 29.8 Å². The number of benzene rings is 1. The Morgan fingerprint density at radius 3 is 2.09 bits per heavy atom. The highest BCUT2D eigenvalue weighted by Gasteiger charge is 2.38. The lowest BCUT2D eigenvalue weighted by Gasteiger charge is -2.21. The number of allylic oxidation sites excluding steroid dienone is 2. The van der Waals surface area contributed by atoms with Crippen LogP contribution >= 0.6 is 12.0 Å². The van der Waals surface area contributed by atoms with Gasteiger partial charge < -0.3 is 9.50 Å². The van der Waals surface area contributed by atoms with Crippen molar-refractivity contribution in [3.05, 3.63) is 48.2 Å². The molecule has 1 aromatic carbocycles. The molecule has 1 N–H and O–H groups in total. The number of halogens is 6. The van der Waals surface area contributed by atoms with Crippen LogP contribution in [0, 0.1) is 0 Å². The van der Waals surface area contributed by atoms with Crippen molar-refractivity contribution in [3.63, 3.8) is 0 Å². The van der Waals surface area contributed by atoms with Crippen LogP contribution in [0.4, 0.5) is 26.3 Å². The minimum Gasteiger partial charge on any atom is -0.417 e. The maximum atomic E-state index is 12.5. The quantitative estimate of drug-likeness (QED) is 0.638. The number of nitrogens with one attached hydrogen (secondary N) is 1. The standard InChI is InChI=1S/C13H9F6NOS/c14-12(15,16)11-6-3-9(7-20-11)8-1-4-10(5-2-8)21-22-13(17,18)19/h1-7,11,20H. The van der Waals surface area contributed by atoms with Crippen LogP contribution < -0.4 is 9.50 Å². The SMILES string of the molecule is FC(F)(F)SOc1ccc(C2=CNC(C(F)(F)F)C=C2)cc1. The Balaban J connectivity index is 2.00. The van der Waals surface area contributed by atoms with Crippen molar-refractivity contribution in [2.75, 3.05) is 0 Å². The minimum absolute atomic E-state index is 0.00686. The summed E-state index contributed by atoms with van der Waals surface area (Å²) in [7, 11) is 0. The molecular formula is C13H9F6NOS. The van der Waals surface area contributed by atoms with Crippen LogP contribution in [0.25, 0.3) is 5.57 Å². The fourth-order valence-corrected chi connectivity index (χ4v) is 1.97. The van der Waals surface area contributed by atoms with Gasteiger partial charge in [-0.25, -0.2) is 0 Å². The molecule has 0 saturated carbocycles. The van der Waals surface area contributed by atoms with E-state index in [9.17, 15) is 26.3 Å². The van der Waals surface area contributed by atoms with Crippen molar-refractivity contribution in [2.24, 2.45) is 0 Å². The van der Waals surface area contributed by atoms with E-state index >= 15 is 0 Å². The molecule has 0 aromatic heterocycles. The van der Waals surface area contributed by atoms with E-state index in [1.807, 2.05) is 0 Å². The summed E-state index contributed by atoms with van der Waals surface area (Å²) in [5.74, 6) is -0.00686. The molecule has 1 aliphatic rings. The molecule has 2 nitrogen and oxygen atoms in total. The van der Waals surface area contributed by atoms with Crippen LogP contribution in [0.5, 0.6) is 5.75 Å². The molecule has 0 spiro atoms. The smallest absolute Gasteiger partial charge is 0.417 e. The fourth-order valence-electron chi connectivity index (χ4n) is 1.66. The molecule has 0 saturated heterocycles. The molecule has 0 aliphatic carbocycles. The molecule has 0 radical (unpaired) electrons. The topological polar surface area (TPSA) is 21.3 Å². The Bertz CT molecular complexity index is 576. The van der Waals surface area contributed by atoms with Gasteiger partial charge in [-0.1, -0.05) is 24.3 Å². The van der Waals surface area contributed by atoms with Gasteiger partial charge in [0.05, 0.1) is 0 Å². The van der Waals surface area contributed by atoms with Crippen LogP contribution in [0.15, 0.2) is 42.6 Å². The lowest BCUT2D eigenvalue weighted by molar-refractivity contribution is -0.142. The van der Waals surface area contributed by atoms with Gasteiger partial charge in [0.2, 0.25) is 0 Å². The summed E-state index contributed by atoms with van der Waals surface area (Å²) < 4.78 is 77.7. The lowest BCUT2D eigenvalue weighted by atomic mass is 10.0. The van der Waals surface area contributed by atoms with Crippen LogP contribution in [-0.2, 0) is 0 Å². The van der Waals surface area contributed by atoms with Crippen LogP contribution in [0.3, 0.4) is 0 Å². The third kappa shape index (κ3) is 4.62. The number of alkyl halides is 6. The molecule has 1 aromatic rings. The average molecular weight is 341 g/mol. The molecule has 120 valence electrons. The molecule has 1 atom stereocenters. The molecule has 1 heterocycles. The first-order valence-corrected chi connectivity index (χ1v) is 6.63. The Labute approximate surface area is 126 Å². The molecule has 9 heteroatoms. The van der Waals surface area contributed by atoms with Gasteiger partial charge in [0.25, 0.3) is 0 Å². The van der Waals surface area contributed by atoms with E-state index in [2.05, 4.69) is 9.50 Å². The van der Waals surface area contributed by atoms with E-state index in [4.69, 9.17) is 0 Å². The van der Waals surface area contributed by atoms with Gasteiger partial charge in [-0.3, -0.25) is 0 Å². The average Bonchev–Trinajstić information content (AvgIpc) is 2.44. The van der Waals surface area contributed by atoms with Crippen molar-refractivity contribution in [1.82, 2.24) is 5.32 Å². The fraction of sp³-hybridized carbons (Fsp3) is 0.231. The summed E-state index contributed by atoms with van der Waals surface area (Å²) in [5, 5.41) is 2.21. The summed E-state index contributed by atoms with van der Waals surface area (Å²) in [6.07, 6.45) is -0.905. The van der Waals surface area contributed by atoms with E-state index in [-0.39, 0.29) is 5.75 Å². The van der Waals surface area contributed by atoms with Crippen molar-refractivity contribution in [1.29, 1.82) is 0 Å². The number of hydrogen-bond acceptors (Lipinski definition) is 3. The van der Waals surface area contributed by atoms with Crippen LogP contribution in [0.2, 0.25) is 0 Å². The molecule has 1 aliphatic heterocycles. The molecule has 0 fully saturated rings. The first kappa shape index (κ1) is 16.6. The van der Waals surface area contributed by atoms with Gasteiger partial charge in [0.1, 0.15) is 11.8 Å². The van der Waals surface area contributed by atoms with Crippen LogP contribution in [0.1, 0.15) is 5.56 Å². The normalized spacial score (nSPS) is 18.6. The molecule has 0 amide bonds. The van der Waals surface area contributed by atoms with Gasteiger partial charge in [-0.2, -0.15) is 26.3 Å². The van der Waals surface area contributed by atoms with Crippen molar-refractivity contribution >= 4 is 17.6 Å². The Hall–Kier alpha value is -1.77. The predicted molar refractivity (Wildman–Crippen MR) is 70.8 cm³/mol. The largest absolute Gasteiger partial charge is 0.479 e. The zero-order valence-corrected chi connectivity index (χ0v) is 11.5. The van der Waals surface area contributed by atoms with Gasteiger partial charge in [0, 0.05) is 6.20 Å². The summed E-state index contributed by atoms with van der Waals surface area (Å²) >= 11 is -0.635. The maximum absolute atomic E-state index is 12.5. The zero-order chi connectivity index (χ0) is 16.4. The second-order valence-electron chi connectivity index (χ2n) is 4.28. The summed E-state index contributed by atoms with van der Waals surface area (Å²) in [6.45, 7) is 0. The molecule has 0 bridgehead atoms. The monoisotopic (exact) mass is 341 g/mol. The molecule has 1 unspecified atom stereocenters. The highest BCUT2D eigenvalue weighted by molar-refractivity contribution is 7.95. The zero-order valence-electron chi connectivity index (χ0n) is 10.7. The van der Waals surface area contributed by atoms with Crippen molar-refractivity contribution in [3.8, 4) is 5.75 Å². The van der Waals surface area contributed by atoms with Gasteiger partial charge in [-0.15, -0.1) is 0 Å². The Morgan fingerprint density at radius 1 is 1.00 bits per heavy atom. The third-order valence-corrected chi connectivity index (χ3v) is 3.12. The summed E-state index contributed by atoms with van der Waals surface area (Å²) in [6, 6.07) is 3.77. The molecule has 22 heavy (non-hydrogen) atoms. The first-order chi connectivity index (χ1) is 10.1. The molecule has 2 rings (SSSR count). The predicted octanol–water partition coefficient (Wildman–Crippen LogP) is 4.66. The van der Waals surface area contributed by atoms with Gasteiger partial charge in [0.15, 0.2) is 12.0 Å². The van der Waals surface area contributed by atoms with Crippen molar-refractivity contribution < 1.29 is 30.5 Å². The summed E-state index contributed by atoms with van der Waals surface area (Å²) in [4.78, 5) is 0. The second-order valence-corrected chi connectivity index (χ2v) is 5.08. The second kappa shape index (κ2) is 6.15. The Morgan fingerprint density at radius 2 is 1.64 bits per heavy atom. The first-order valence-electron chi connectivity index (χ1n) is 5.89. The van der Waals surface area contributed by atoms with Gasteiger partial charge >= 0.3 is 11.7 Å². The maximum Gasteiger partial charge on any atom is 0.479 e. The molecular weight excluding hydrogens is 332 g/mol. The highest BCUT2D eigenvalue weighted by atomic mass is 32.2. The minimum atomic E-state index is -4.51. The van der Waals surface area contributed by atoms with Crippen LogP contribution in [-0.4, -0.2) is 17.7 Å². The number of rotatable bonds is 3.